The molecule has 0 radical (unpaired) electrons. The van der Waals surface area contributed by atoms with Crippen molar-refractivity contribution in [3.8, 4) is 0 Å². The Kier molecular flexibility index (Phi) is 5.48. The Morgan fingerprint density at radius 3 is 2.90 bits per heavy atom. The van der Waals surface area contributed by atoms with Crippen molar-refractivity contribution in [1.29, 1.82) is 0 Å². The van der Waals surface area contributed by atoms with Crippen LogP contribution < -0.4 is 5.32 Å². The van der Waals surface area contributed by atoms with Crippen LogP contribution in [0.5, 0.6) is 0 Å². The summed E-state index contributed by atoms with van der Waals surface area (Å²) >= 11 is 1.69. The molecule has 3 amide bonds. The first-order valence-electron chi connectivity index (χ1n) is 9.64. The van der Waals surface area contributed by atoms with Crippen LogP contribution in [0, 0.1) is 0 Å². The van der Waals surface area contributed by atoms with E-state index in [2.05, 4.69) is 21.6 Å². The molecule has 4 heterocycles. The molecular formula is C20H24N6O2S. The number of pyridine rings is 1. The third-order valence-corrected chi connectivity index (χ3v) is 6.07. The molecule has 8 nitrogen and oxygen atoms in total. The van der Waals surface area contributed by atoms with Crippen LogP contribution in [-0.4, -0.2) is 70.1 Å². The highest BCUT2D eigenvalue weighted by Crippen LogP contribution is 2.27. The van der Waals surface area contributed by atoms with Crippen LogP contribution >= 0.6 is 11.3 Å². The van der Waals surface area contributed by atoms with Gasteiger partial charge < -0.3 is 15.1 Å². The van der Waals surface area contributed by atoms with Crippen molar-refractivity contribution in [2.45, 2.75) is 18.8 Å². The number of carbonyl (C=O) groups is 2. The van der Waals surface area contributed by atoms with Gasteiger partial charge in [-0.3, -0.25) is 9.20 Å². The Bertz CT molecular complexity index is 1010. The lowest BCUT2D eigenvalue weighted by Gasteiger charge is -2.21. The van der Waals surface area contributed by atoms with Crippen LogP contribution in [0.2, 0.25) is 0 Å². The van der Waals surface area contributed by atoms with E-state index in [9.17, 15) is 9.59 Å². The first kappa shape index (κ1) is 19.4. The SMILES string of the molecule is CN(C)C(=O)N1CC[C@H](c2nnc3ccc(C(=O)NCCc4cccs4)cn23)C1. The highest BCUT2D eigenvalue weighted by molar-refractivity contribution is 7.09. The second-order valence-corrected chi connectivity index (χ2v) is 8.43. The Morgan fingerprint density at radius 2 is 2.14 bits per heavy atom. The van der Waals surface area contributed by atoms with Gasteiger partial charge in [-0.2, -0.15) is 0 Å². The summed E-state index contributed by atoms with van der Waals surface area (Å²) in [5, 5.41) is 13.6. The summed E-state index contributed by atoms with van der Waals surface area (Å²) in [5.74, 6) is 0.785. The molecule has 1 atom stereocenters. The molecule has 1 aliphatic rings. The predicted molar refractivity (Wildman–Crippen MR) is 111 cm³/mol. The molecule has 3 aromatic rings. The Balaban J connectivity index is 1.46. The monoisotopic (exact) mass is 412 g/mol. The van der Waals surface area contributed by atoms with Gasteiger partial charge in [0.25, 0.3) is 5.91 Å². The molecular weight excluding hydrogens is 388 g/mol. The predicted octanol–water partition coefficient (Wildman–Crippen LogP) is 2.23. The molecule has 152 valence electrons. The molecule has 9 heteroatoms. The van der Waals surface area contributed by atoms with Gasteiger partial charge in [0.15, 0.2) is 5.65 Å². The fourth-order valence-corrected chi connectivity index (χ4v) is 4.31. The summed E-state index contributed by atoms with van der Waals surface area (Å²) in [5.41, 5.74) is 1.27. The lowest BCUT2D eigenvalue weighted by atomic mass is 10.1. The molecule has 0 spiro atoms. The molecule has 0 saturated carbocycles. The first-order chi connectivity index (χ1) is 14.0. The van der Waals surface area contributed by atoms with Crippen molar-refractivity contribution in [3.05, 3.63) is 52.1 Å². The highest BCUT2D eigenvalue weighted by Gasteiger charge is 2.31. The minimum atomic E-state index is -0.112. The molecule has 29 heavy (non-hydrogen) atoms. The van der Waals surface area contributed by atoms with Crippen LogP contribution in [0.15, 0.2) is 35.8 Å². The number of hydrogen-bond donors (Lipinski definition) is 1. The number of nitrogens with zero attached hydrogens (tertiary/aromatic N) is 5. The lowest BCUT2D eigenvalue weighted by Crippen LogP contribution is -2.37. The smallest absolute Gasteiger partial charge is 0.319 e. The molecule has 0 bridgehead atoms. The Hall–Kier alpha value is -2.94. The Labute approximate surface area is 173 Å². The summed E-state index contributed by atoms with van der Waals surface area (Å²) < 4.78 is 1.88. The van der Waals surface area contributed by atoms with E-state index in [1.165, 1.54) is 4.88 Å². The fourth-order valence-electron chi connectivity index (χ4n) is 3.60. The summed E-state index contributed by atoms with van der Waals surface area (Å²) in [7, 11) is 3.51. The zero-order valence-corrected chi connectivity index (χ0v) is 17.4. The third-order valence-electron chi connectivity index (χ3n) is 5.13. The van der Waals surface area contributed by atoms with E-state index in [1.807, 2.05) is 26.8 Å². The number of carbonyl (C=O) groups excluding carboxylic acids is 2. The van der Waals surface area contributed by atoms with Gasteiger partial charge in [0.2, 0.25) is 0 Å². The number of fused-ring (bicyclic) bond motifs is 1. The number of urea groups is 1. The summed E-state index contributed by atoms with van der Waals surface area (Å²) in [4.78, 5) is 29.4. The normalized spacial score (nSPS) is 16.3. The van der Waals surface area contributed by atoms with Crippen LogP contribution in [-0.2, 0) is 6.42 Å². The first-order valence-corrected chi connectivity index (χ1v) is 10.5. The zero-order valence-electron chi connectivity index (χ0n) is 16.5. The largest absolute Gasteiger partial charge is 0.352 e. The minimum absolute atomic E-state index is 0.00660. The van der Waals surface area contributed by atoms with Crippen LogP contribution in [0.4, 0.5) is 4.79 Å². The van der Waals surface area contributed by atoms with Crippen LogP contribution in [0.3, 0.4) is 0 Å². The summed E-state index contributed by atoms with van der Waals surface area (Å²) in [6.07, 6.45) is 3.44. The number of nitrogens with one attached hydrogen (secondary N) is 1. The maximum Gasteiger partial charge on any atom is 0.319 e. The van der Waals surface area contributed by atoms with Crippen molar-refractivity contribution >= 4 is 28.9 Å². The zero-order chi connectivity index (χ0) is 20.4. The number of rotatable bonds is 5. The highest BCUT2D eigenvalue weighted by atomic mass is 32.1. The van der Waals surface area contributed by atoms with Crippen molar-refractivity contribution in [3.63, 3.8) is 0 Å². The lowest BCUT2D eigenvalue weighted by molar-refractivity contribution is 0.0953. The third kappa shape index (κ3) is 4.09. The van der Waals surface area contributed by atoms with Gasteiger partial charge >= 0.3 is 6.03 Å². The van der Waals surface area contributed by atoms with Crippen molar-refractivity contribution in [2.75, 3.05) is 33.7 Å². The molecule has 3 aromatic heterocycles. The molecule has 1 fully saturated rings. The number of thiophene rings is 1. The number of likely N-dealkylation sites (tertiary alicyclic amines) is 1. The van der Waals surface area contributed by atoms with Gasteiger partial charge in [-0.25, -0.2) is 4.79 Å². The summed E-state index contributed by atoms with van der Waals surface area (Å²) in [6.45, 7) is 1.89. The molecule has 1 aliphatic heterocycles. The molecule has 0 aliphatic carbocycles. The quantitative estimate of drug-likeness (QED) is 0.697. The van der Waals surface area contributed by atoms with Gasteiger partial charge in [-0.1, -0.05) is 6.07 Å². The standard InChI is InChI=1S/C20H24N6O2S/c1-24(2)20(28)25-10-8-14(12-25)18-23-22-17-6-5-15(13-26(17)18)19(27)21-9-7-16-4-3-11-29-16/h3-6,11,13-14H,7-10,12H2,1-2H3,(H,21,27)/t14-/m0/s1. The van der Waals surface area contributed by atoms with Crippen molar-refractivity contribution in [1.82, 2.24) is 29.7 Å². The van der Waals surface area contributed by atoms with Crippen molar-refractivity contribution < 1.29 is 9.59 Å². The molecule has 1 N–H and O–H groups in total. The second kappa shape index (κ2) is 8.20. The van der Waals surface area contributed by atoms with E-state index in [-0.39, 0.29) is 17.9 Å². The number of aromatic nitrogens is 3. The Morgan fingerprint density at radius 1 is 1.28 bits per heavy atom. The van der Waals surface area contributed by atoms with Gasteiger partial charge in [0.05, 0.1) is 5.56 Å². The number of hydrogen-bond acceptors (Lipinski definition) is 5. The topological polar surface area (TPSA) is 82.8 Å². The number of amides is 3. The molecule has 1 saturated heterocycles. The van der Waals surface area contributed by atoms with Gasteiger partial charge in [0.1, 0.15) is 5.82 Å². The summed E-state index contributed by atoms with van der Waals surface area (Å²) in [6, 6.07) is 7.66. The van der Waals surface area contributed by atoms with E-state index in [0.29, 0.717) is 30.8 Å². The minimum Gasteiger partial charge on any atom is -0.352 e. The van der Waals surface area contributed by atoms with Gasteiger partial charge in [-0.15, -0.1) is 21.5 Å². The van der Waals surface area contributed by atoms with Crippen LogP contribution in [0.1, 0.15) is 33.4 Å². The molecule has 0 aromatic carbocycles. The molecule has 4 rings (SSSR count). The fraction of sp³-hybridized carbons (Fsp3) is 0.400. The van der Waals surface area contributed by atoms with Gasteiger partial charge in [0, 0.05) is 50.7 Å². The van der Waals surface area contributed by atoms with Crippen molar-refractivity contribution in [2.24, 2.45) is 0 Å². The molecule has 0 unspecified atom stereocenters. The maximum absolute atomic E-state index is 12.6. The van der Waals surface area contributed by atoms with Gasteiger partial charge in [-0.05, 0) is 36.4 Å². The van der Waals surface area contributed by atoms with E-state index in [0.717, 1.165) is 18.7 Å². The second-order valence-electron chi connectivity index (χ2n) is 7.40. The maximum atomic E-state index is 12.6. The van der Waals surface area contributed by atoms with E-state index in [4.69, 9.17) is 0 Å². The average Bonchev–Trinajstić information content (AvgIpc) is 3.46. The average molecular weight is 413 g/mol. The van der Waals surface area contributed by atoms with E-state index in [1.54, 1.807) is 42.6 Å². The van der Waals surface area contributed by atoms with Crippen LogP contribution in [0.25, 0.3) is 5.65 Å². The van der Waals surface area contributed by atoms with E-state index >= 15 is 0 Å². The van der Waals surface area contributed by atoms with E-state index < -0.39 is 0 Å².